The molecule has 2 rings (SSSR count). The molecule has 7 nitrogen and oxygen atoms in total. The van der Waals surface area contributed by atoms with Gasteiger partial charge in [0.25, 0.3) is 5.95 Å². The van der Waals surface area contributed by atoms with Gasteiger partial charge in [0, 0.05) is 24.7 Å². The summed E-state index contributed by atoms with van der Waals surface area (Å²) in [4.78, 5) is 11.7. The molecule has 20 heavy (non-hydrogen) atoms. The molecule has 0 aromatic carbocycles. The van der Waals surface area contributed by atoms with Crippen molar-refractivity contribution in [2.75, 3.05) is 23.3 Å². The molecule has 2 aromatic rings. The summed E-state index contributed by atoms with van der Waals surface area (Å²) in [7, 11) is 0. The van der Waals surface area contributed by atoms with Gasteiger partial charge >= 0.3 is 5.51 Å². The van der Waals surface area contributed by atoms with Crippen molar-refractivity contribution in [2.45, 2.75) is 5.51 Å². The molecule has 2 aromatic heterocycles. The molecule has 2 heterocycles. The molecular weight excluding hydrogens is 295 g/mol. The summed E-state index contributed by atoms with van der Waals surface area (Å²) in [6, 6.07) is 1.67. The number of hydrogen-bond donors (Lipinski definition) is 2. The zero-order chi connectivity index (χ0) is 14.6. The van der Waals surface area contributed by atoms with Crippen LogP contribution in [0.5, 0.6) is 0 Å². The molecule has 11 heteroatoms. The van der Waals surface area contributed by atoms with E-state index >= 15 is 0 Å². The van der Waals surface area contributed by atoms with Crippen LogP contribution >= 0.6 is 11.8 Å². The molecule has 0 bridgehead atoms. The van der Waals surface area contributed by atoms with Crippen molar-refractivity contribution < 1.29 is 13.2 Å². The summed E-state index contributed by atoms with van der Waals surface area (Å²) in [6.07, 6.45) is 3.14. The molecular formula is C9H10F3N7S. The number of nitrogen functional groups attached to an aromatic ring is 1. The number of hydrogen-bond acceptors (Lipinski definition) is 7. The Hall–Kier alpha value is -2.04. The minimum atomic E-state index is -4.25. The largest absolute Gasteiger partial charge is 0.441 e. The smallest absolute Gasteiger partial charge is 0.368 e. The van der Waals surface area contributed by atoms with Crippen LogP contribution in [0.3, 0.4) is 0 Å². The van der Waals surface area contributed by atoms with E-state index in [4.69, 9.17) is 5.73 Å². The highest BCUT2D eigenvalue weighted by Crippen LogP contribution is 2.29. The number of rotatable bonds is 5. The Morgan fingerprint density at radius 1 is 1.30 bits per heavy atom. The van der Waals surface area contributed by atoms with Crippen LogP contribution in [-0.2, 0) is 0 Å². The lowest BCUT2D eigenvalue weighted by Crippen LogP contribution is -2.14. The van der Waals surface area contributed by atoms with Crippen LogP contribution in [0.2, 0.25) is 0 Å². The second-order valence-corrected chi connectivity index (χ2v) is 4.65. The lowest BCUT2D eigenvalue weighted by Gasteiger charge is -2.08. The minimum absolute atomic E-state index is 0.0449. The predicted molar refractivity (Wildman–Crippen MR) is 68.4 cm³/mol. The summed E-state index contributed by atoms with van der Waals surface area (Å²) in [5, 5.41) is 6.58. The number of halogens is 3. The third kappa shape index (κ3) is 4.26. The van der Waals surface area contributed by atoms with Crippen LogP contribution in [0.15, 0.2) is 18.5 Å². The quantitative estimate of drug-likeness (QED) is 0.804. The third-order valence-electron chi connectivity index (χ3n) is 2.00. The Morgan fingerprint density at radius 3 is 2.75 bits per heavy atom. The molecule has 0 unspecified atom stereocenters. The molecule has 0 aliphatic rings. The number of nitrogens with zero attached hydrogens (tertiary/aromatic N) is 5. The van der Waals surface area contributed by atoms with E-state index < -0.39 is 5.51 Å². The monoisotopic (exact) mass is 305 g/mol. The Kier molecular flexibility index (Phi) is 4.27. The van der Waals surface area contributed by atoms with Gasteiger partial charge in [0.05, 0.1) is 0 Å². The average Bonchev–Trinajstić information content (AvgIpc) is 2.86. The van der Waals surface area contributed by atoms with E-state index in [0.29, 0.717) is 0 Å². The van der Waals surface area contributed by atoms with Crippen LogP contribution in [0.25, 0.3) is 5.95 Å². The zero-order valence-electron chi connectivity index (χ0n) is 10.0. The van der Waals surface area contributed by atoms with Crippen molar-refractivity contribution >= 4 is 23.7 Å². The first-order valence-corrected chi connectivity index (χ1v) is 6.39. The van der Waals surface area contributed by atoms with Crippen LogP contribution in [-0.4, -0.2) is 42.5 Å². The number of anilines is 2. The predicted octanol–water partition coefficient (Wildman–Crippen LogP) is 1.30. The van der Waals surface area contributed by atoms with E-state index in [9.17, 15) is 13.2 Å². The molecule has 0 atom stereocenters. The molecule has 0 spiro atoms. The van der Waals surface area contributed by atoms with Gasteiger partial charge in [0.15, 0.2) is 0 Å². The molecule has 0 saturated carbocycles. The van der Waals surface area contributed by atoms with Gasteiger partial charge in [-0.2, -0.15) is 33.2 Å². The number of nitrogens with one attached hydrogen (secondary N) is 1. The molecule has 0 aliphatic heterocycles. The van der Waals surface area contributed by atoms with Crippen molar-refractivity contribution in [1.29, 1.82) is 0 Å². The Balaban J connectivity index is 1.98. The van der Waals surface area contributed by atoms with E-state index in [1.807, 2.05) is 0 Å². The number of aromatic nitrogens is 5. The molecule has 0 amide bonds. The highest BCUT2D eigenvalue weighted by molar-refractivity contribution is 8.00. The molecule has 0 saturated heterocycles. The highest BCUT2D eigenvalue weighted by atomic mass is 32.2. The summed E-state index contributed by atoms with van der Waals surface area (Å²) in [5.74, 6) is 0.0855. The van der Waals surface area contributed by atoms with Gasteiger partial charge in [-0.05, 0) is 17.8 Å². The molecule has 0 aliphatic carbocycles. The van der Waals surface area contributed by atoms with Gasteiger partial charge in [-0.25, -0.2) is 4.68 Å². The van der Waals surface area contributed by atoms with Crippen molar-refractivity contribution in [2.24, 2.45) is 0 Å². The normalized spacial score (nSPS) is 11.6. The van der Waals surface area contributed by atoms with Gasteiger partial charge in [-0.15, -0.1) is 0 Å². The van der Waals surface area contributed by atoms with Gasteiger partial charge in [0.2, 0.25) is 11.9 Å². The van der Waals surface area contributed by atoms with Crippen LogP contribution in [0.1, 0.15) is 0 Å². The maximum absolute atomic E-state index is 12.0. The van der Waals surface area contributed by atoms with Gasteiger partial charge in [0.1, 0.15) is 0 Å². The minimum Gasteiger partial charge on any atom is -0.368 e. The van der Waals surface area contributed by atoms with Crippen molar-refractivity contribution in [1.82, 2.24) is 24.7 Å². The third-order valence-corrected chi connectivity index (χ3v) is 2.74. The first-order chi connectivity index (χ1) is 9.44. The topological polar surface area (TPSA) is 94.5 Å². The van der Waals surface area contributed by atoms with Gasteiger partial charge in [-0.1, -0.05) is 0 Å². The number of nitrogens with two attached hydrogens (primary N) is 1. The summed E-state index contributed by atoms with van der Waals surface area (Å²) in [6.45, 7) is 0.0478. The molecule has 0 fully saturated rings. The number of thioether (sulfide) groups is 1. The zero-order valence-corrected chi connectivity index (χ0v) is 10.8. The summed E-state index contributed by atoms with van der Waals surface area (Å²) < 4.78 is 37.2. The Morgan fingerprint density at radius 2 is 2.10 bits per heavy atom. The Bertz CT molecular complexity index is 557. The molecule has 0 radical (unpaired) electrons. The fourth-order valence-electron chi connectivity index (χ4n) is 1.28. The standard InChI is InChI=1S/C9H10F3N7S/c10-9(11,12)20-5-3-14-7-16-6(13)17-8(18-7)19-4-1-2-15-19/h1-2,4H,3,5H2,(H3,13,14,16,17,18). The summed E-state index contributed by atoms with van der Waals surface area (Å²) in [5.41, 5.74) is 1.26. The fourth-order valence-corrected chi connectivity index (χ4v) is 1.71. The molecule has 108 valence electrons. The van der Waals surface area contributed by atoms with Gasteiger partial charge in [-0.3, -0.25) is 0 Å². The highest BCUT2D eigenvalue weighted by Gasteiger charge is 2.27. The first kappa shape index (κ1) is 14.4. The Labute approximate surface area is 115 Å². The van der Waals surface area contributed by atoms with Crippen molar-refractivity contribution in [3.05, 3.63) is 18.5 Å². The van der Waals surface area contributed by atoms with Crippen LogP contribution in [0, 0.1) is 0 Å². The van der Waals surface area contributed by atoms with E-state index in [1.54, 1.807) is 12.3 Å². The maximum Gasteiger partial charge on any atom is 0.441 e. The maximum atomic E-state index is 12.0. The SMILES string of the molecule is Nc1nc(NCCSC(F)(F)F)nc(-n2cccn2)n1. The van der Waals surface area contributed by atoms with Gasteiger partial charge < -0.3 is 11.1 Å². The molecule has 3 N–H and O–H groups in total. The number of alkyl halides is 3. The van der Waals surface area contributed by atoms with E-state index in [0.717, 1.165) is 0 Å². The van der Waals surface area contributed by atoms with E-state index in [1.165, 1.54) is 10.9 Å². The second kappa shape index (κ2) is 5.94. The van der Waals surface area contributed by atoms with Crippen molar-refractivity contribution in [3.63, 3.8) is 0 Å². The fraction of sp³-hybridized carbons (Fsp3) is 0.333. The van der Waals surface area contributed by atoms with Crippen LogP contribution in [0.4, 0.5) is 25.1 Å². The lowest BCUT2D eigenvalue weighted by molar-refractivity contribution is -0.0327. The first-order valence-electron chi connectivity index (χ1n) is 5.40. The van der Waals surface area contributed by atoms with Crippen LogP contribution < -0.4 is 11.1 Å². The second-order valence-electron chi connectivity index (χ2n) is 3.49. The van der Waals surface area contributed by atoms with Crippen molar-refractivity contribution in [3.8, 4) is 5.95 Å². The lowest BCUT2D eigenvalue weighted by atomic mass is 10.7. The average molecular weight is 305 g/mol. The van der Waals surface area contributed by atoms with E-state index in [2.05, 4.69) is 25.4 Å². The van der Waals surface area contributed by atoms with E-state index in [-0.39, 0.29) is 41.9 Å². The summed E-state index contributed by atoms with van der Waals surface area (Å²) >= 11 is -0.124.